The molecule has 1 aliphatic rings. The molecule has 0 unspecified atom stereocenters. The highest BCUT2D eigenvalue weighted by Crippen LogP contribution is 2.34. The summed E-state index contributed by atoms with van der Waals surface area (Å²) in [6, 6.07) is 19.7. The van der Waals surface area contributed by atoms with Gasteiger partial charge < -0.3 is 20.1 Å². The number of ether oxygens (including phenoxy) is 2. The molecule has 206 valence electrons. The highest BCUT2D eigenvalue weighted by molar-refractivity contribution is 8.18. The van der Waals surface area contributed by atoms with E-state index in [1.165, 1.54) is 0 Å². The number of aryl methyl sites for hydroxylation is 2. The Morgan fingerprint density at radius 1 is 0.900 bits per heavy atom. The van der Waals surface area contributed by atoms with Gasteiger partial charge in [-0.05, 0) is 80.1 Å². The first-order valence-corrected chi connectivity index (χ1v) is 13.4. The molecule has 2 N–H and O–H groups in total. The predicted octanol–water partition coefficient (Wildman–Crippen LogP) is 5.39. The molecule has 4 amide bonds. The van der Waals surface area contributed by atoms with Crippen LogP contribution in [0, 0.1) is 13.8 Å². The molecule has 4 rings (SSSR count). The summed E-state index contributed by atoms with van der Waals surface area (Å²) < 4.78 is 11.4. The molecule has 0 spiro atoms. The van der Waals surface area contributed by atoms with E-state index >= 15 is 0 Å². The maximum atomic E-state index is 12.9. The van der Waals surface area contributed by atoms with Crippen LogP contribution >= 0.6 is 11.8 Å². The van der Waals surface area contributed by atoms with Gasteiger partial charge >= 0.3 is 0 Å². The normalized spacial score (nSPS) is 13.9. The lowest BCUT2D eigenvalue weighted by Crippen LogP contribution is -2.36. The first kappa shape index (κ1) is 28.4. The Kier molecular flexibility index (Phi) is 9.23. The molecule has 1 saturated heterocycles. The molecule has 3 aromatic carbocycles. The van der Waals surface area contributed by atoms with Crippen LogP contribution in [-0.4, -0.2) is 47.6 Å². The topological polar surface area (TPSA) is 114 Å². The van der Waals surface area contributed by atoms with E-state index in [0.29, 0.717) is 35.0 Å². The number of hydrogen-bond donors (Lipinski definition) is 2. The molecule has 1 fully saturated rings. The summed E-state index contributed by atoms with van der Waals surface area (Å²) in [5, 5.41) is 4.98. The molecule has 0 aliphatic carbocycles. The van der Waals surface area contributed by atoms with Crippen LogP contribution in [0.2, 0.25) is 0 Å². The van der Waals surface area contributed by atoms with Crippen LogP contribution in [0.3, 0.4) is 0 Å². The zero-order chi connectivity index (χ0) is 28.6. The van der Waals surface area contributed by atoms with Crippen molar-refractivity contribution in [1.82, 2.24) is 4.90 Å². The first-order valence-electron chi connectivity index (χ1n) is 12.6. The zero-order valence-corrected chi connectivity index (χ0v) is 23.2. The Hall–Kier alpha value is -4.57. The number of nitrogens with zero attached hydrogens (tertiary/aromatic N) is 1. The van der Waals surface area contributed by atoms with Gasteiger partial charge in [-0.1, -0.05) is 42.0 Å². The molecule has 3 aromatic rings. The van der Waals surface area contributed by atoms with Gasteiger partial charge in [0.2, 0.25) is 5.91 Å². The molecular formula is C30H29N3O6S. The van der Waals surface area contributed by atoms with Crippen LogP contribution in [0.25, 0.3) is 6.08 Å². The van der Waals surface area contributed by atoms with E-state index in [1.54, 1.807) is 36.4 Å². The minimum absolute atomic E-state index is 0.183. The molecular weight excluding hydrogens is 530 g/mol. The average molecular weight is 560 g/mol. The van der Waals surface area contributed by atoms with E-state index < -0.39 is 23.6 Å². The van der Waals surface area contributed by atoms with E-state index in [9.17, 15) is 19.2 Å². The third-order valence-corrected chi connectivity index (χ3v) is 6.76. The van der Waals surface area contributed by atoms with Gasteiger partial charge in [0.05, 0.1) is 11.5 Å². The van der Waals surface area contributed by atoms with Crippen LogP contribution in [0.5, 0.6) is 11.5 Å². The maximum Gasteiger partial charge on any atom is 0.294 e. The Labute approximate surface area is 236 Å². The van der Waals surface area contributed by atoms with Crippen molar-refractivity contribution in [2.24, 2.45) is 0 Å². The summed E-state index contributed by atoms with van der Waals surface area (Å²) in [6.45, 7) is 5.36. The number of para-hydroxylation sites is 1. The van der Waals surface area contributed by atoms with Crippen molar-refractivity contribution in [3.8, 4) is 11.5 Å². The lowest BCUT2D eigenvalue weighted by atomic mass is 10.2. The lowest BCUT2D eigenvalue weighted by molar-refractivity contribution is -0.127. The van der Waals surface area contributed by atoms with Crippen molar-refractivity contribution in [2.45, 2.75) is 20.8 Å². The number of thioether (sulfide) groups is 1. The fraction of sp³-hybridized carbons (Fsp3) is 0.200. The summed E-state index contributed by atoms with van der Waals surface area (Å²) in [6.07, 6.45) is 1.56. The van der Waals surface area contributed by atoms with Crippen LogP contribution in [0.4, 0.5) is 16.2 Å². The third kappa shape index (κ3) is 7.29. The van der Waals surface area contributed by atoms with Gasteiger partial charge in [0, 0.05) is 11.4 Å². The van der Waals surface area contributed by atoms with Gasteiger partial charge in [0.25, 0.3) is 17.1 Å². The summed E-state index contributed by atoms with van der Waals surface area (Å²) in [5.74, 6) is -0.601. The second-order valence-corrected chi connectivity index (χ2v) is 9.97. The number of hydrogen-bond acceptors (Lipinski definition) is 7. The monoisotopic (exact) mass is 559 g/mol. The van der Waals surface area contributed by atoms with Gasteiger partial charge in [0.15, 0.2) is 18.1 Å². The first-order chi connectivity index (χ1) is 19.2. The number of carbonyl (C=O) groups excluding carboxylic acids is 4. The van der Waals surface area contributed by atoms with Crippen molar-refractivity contribution in [2.75, 3.05) is 30.4 Å². The molecule has 0 atom stereocenters. The highest BCUT2D eigenvalue weighted by atomic mass is 32.2. The molecule has 0 aromatic heterocycles. The van der Waals surface area contributed by atoms with Gasteiger partial charge in [-0.2, -0.15) is 0 Å². The molecule has 1 aliphatic heterocycles. The van der Waals surface area contributed by atoms with Crippen molar-refractivity contribution in [3.05, 3.63) is 88.3 Å². The van der Waals surface area contributed by atoms with Crippen molar-refractivity contribution < 1.29 is 28.7 Å². The molecule has 0 bridgehead atoms. The van der Waals surface area contributed by atoms with Crippen molar-refractivity contribution in [3.63, 3.8) is 0 Å². The Morgan fingerprint density at radius 2 is 1.65 bits per heavy atom. The largest absolute Gasteiger partial charge is 0.490 e. The fourth-order valence-corrected chi connectivity index (χ4v) is 4.65. The quantitative estimate of drug-likeness (QED) is 0.320. The van der Waals surface area contributed by atoms with Gasteiger partial charge in [0.1, 0.15) is 6.54 Å². The van der Waals surface area contributed by atoms with Crippen LogP contribution < -0.4 is 20.1 Å². The number of rotatable bonds is 10. The molecule has 9 nitrogen and oxygen atoms in total. The number of nitrogens with one attached hydrogen (secondary N) is 2. The molecule has 1 heterocycles. The smallest absolute Gasteiger partial charge is 0.294 e. The minimum Gasteiger partial charge on any atom is -0.490 e. The Balaban J connectivity index is 1.40. The number of benzene rings is 3. The van der Waals surface area contributed by atoms with E-state index in [1.807, 2.05) is 57.2 Å². The summed E-state index contributed by atoms with van der Waals surface area (Å²) in [7, 11) is 0. The number of imide groups is 1. The zero-order valence-electron chi connectivity index (χ0n) is 22.4. The highest BCUT2D eigenvalue weighted by Gasteiger charge is 2.36. The Bertz CT molecular complexity index is 1470. The number of amides is 4. The van der Waals surface area contributed by atoms with Gasteiger partial charge in [-0.25, -0.2) is 0 Å². The van der Waals surface area contributed by atoms with E-state index in [4.69, 9.17) is 9.47 Å². The molecule has 40 heavy (non-hydrogen) atoms. The average Bonchev–Trinajstić information content (AvgIpc) is 3.18. The molecule has 0 radical (unpaired) electrons. The number of anilines is 2. The molecule has 10 heteroatoms. The van der Waals surface area contributed by atoms with Crippen molar-refractivity contribution in [1.29, 1.82) is 0 Å². The van der Waals surface area contributed by atoms with Gasteiger partial charge in [-0.3, -0.25) is 24.1 Å². The maximum absolute atomic E-state index is 12.9. The van der Waals surface area contributed by atoms with Crippen LogP contribution in [-0.2, 0) is 14.4 Å². The van der Waals surface area contributed by atoms with Crippen molar-refractivity contribution >= 4 is 52.2 Å². The van der Waals surface area contributed by atoms with E-state index in [0.717, 1.165) is 27.8 Å². The third-order valence-electron chi connectivity index (χ3n) is 5.85. The Morgan fingerprint density at radius 3 is 2.38 bits per heavy atom. The minimum atomic E-state index is -0.555. The van der Waals surface area contributed by atoms with E-state index in [-0.39, 0.29) is 17.4 Å². The number of carbonyl (C=O) groups is 4. The van der Waals surface area contributed by atoms with Crippen LogP contribution in [0.15, 0.2) is 71.6 Å². The fourth-order valence-electron chi connectivity index (χ4n) is 3.81. The van der Waals surface area contributed by atoms with Crippen LogP contribution in [0.1, 0.15) is 23.6 Å². The second kappa shape index (κ2) is 13.0. The van der Waals surface area contributed by atoms with E-state index in [2.05, 4.69) is 10.6 Å². The lowest BCUT2D eigenvalue weighted by Gasteiger charge is -2.14. The summed E-state index contributed by atoms with van der Waals surface area (Å²) >= 11 is 0.761. The predicted molar refractivity (Wildman–Crippen MR) is 155 cm³/mol. The second-order valence-electron chi connectivity index (χ2n) is 8.97. The van der Waals surface area contributed by atoms with Gasteiger partial charge in [-0.15, -0.1) is 0 Å². The summed E-state index contributed by atoms with van der Waals surface area (Å²) in [4.78, 5) is 51.4. The standard InChI is InChI=1S/C30H29N3O6S/c1-4-38-25-15-21(11-14-24(25)39-18-28(35)31-22-12-9-19(2)10-13-22)16-26-29(36)33(30(37)40-26)17-27(34)32-23-8-6-5-7-20(23)3/h5-16H,4,17-18H2,1-3H3,(H,31,35)(H,32,34)/b26-16-. The summed E-state index contributed by atoms with van der Waals surface area (Å²) in [5.41, 5.74) is 3.84. The molecule has 0 saturated carbocycles. The SMILES string of the molecule is CCOc1cc(/C=C2\SC(=O)N(CC(=O)Nc3ccccc3C)C2=O)ccc1OCC(=O)Nc1ccc(C)cc1.